The maximum absolute atomic E-state index is 5.25. The maximum Gasteiger partial charge on any atom is 0.165 e. The van der Waals surface area contributed by atoms with Crippen molar-refractivity contribution < 1.29 is 0 Å². The van der Waals surface area contributed by atoms with Gasteiger partial charge in [0.05, 0.1) is 0 Å². The van der Waals surface area contributed by atoms with Crippen molar-refractivity contribution in [2.24, 2.45) is 0 Å². The number of pyridine rings is 1. The van der Waals surface area contributed by atoms with Crippen molar-refractivity contribution in [3.8, 4) is 28.2 Å². The molecule has 43 heavy (non-hydrogen) atoms. The van der Waals surface area contributed by atoms with Crippen LogP contribution in [0.25, 0.3) is 55.7 Å². The molecule has 0 N–H and O–H groups in total. The van der Waals surface area contributed by atoms with Gasteiger partial charge < -0.3 is 0 Å². The zero-order valence-corrected chi connectivity index (χ0v) is 23.5. The molecule has 0 fully saturated rings. The van der Waals surface area contributed by atoms with Crippen molar-refractivity contribution in [1.29, 1.82) is 0 Å². The molecule has 0 bridgehead atoms. The van der Waals surface area contributed by atoms with Gasteiger partial charge in [0.25, 0.3) is 0 Å². The van der Waals surface area contributed by atoms with Crippen LogP contribution < -0.4 is 0 Å². The maximum atomic E-state index is 5.25. The highest BCUT2D eigenvalue weighted by molar-refractivity contribution is 6.02. The Bertz CT molecular complexity index is 2240. The number of aromatic nitrogens is 3. The van der Waals surface area contributed by atoms with E-state index in [9.17, 15) is 0 Å². The van der Waals surface area contributed by atoms with E-state index in [2.05, 4.69) is 132 Å². The highest BCUT2D eigenvalue weighted by Crippen LogP contribution is 2.44. The summed E-state index contributed by atoms with van der Waals surface area (Å²) >= 11 is 0. The zero-order chi connectivity index (χ0) is 28.3. The Balaban J connectivity index is 1.18. The molecule has 5 aromatic carbocycles. The Morgan fingerprint density at radius 2 is 1.51 bits per heavy atom. The molecule has 3 heteroatoms. The molecule has 0 radical (unpaired) electrons. The van der Waals surface area contributed by atoms with Crippen LogP contribution in [0.2, 0.25) is 0 Å². The number of imidazole rings is 1. The molecule has 0 saturated heterocycles. The number of hydrogen-bond donors (Lipinski definition) is 0. The van der Waals surface area contributed by atoms with Crippen LogP contribution in [0, 0.1) is 0 Å². The first-order valence-corrected chi connectivity index (χ1v) is 14.9. The van der Waals surface area contributed by atoms with E-state index in [1.165, 1.54) is 38.6 Å². The molecule has 9 rings (SSSR count). The lowest BCUT2D eigenvalue weighted by molar-refractivity contribution is 1.01. The van der Waals surface area contributed by atoms with Crippen LogP contribution in [-0.4, -0.2) is 14.5 Å². The van der Waals surface area contributed by atoms with Gasteiger partial charge in [-0.2, -0.15) is 0 Å². The topological polar surface area (TPSA) is 30.7 Å². The summed E-state index contributed by atoms with van der Waals surface area (Å²) in [7, 11) is 0. The van der Waals surface area contributed by atoms with Gasteiger partial charge in [0.1, 0.15) is 11.3 Å². The van der Waals surface area contributed by atoms with Crippen molar-refractivity contribution in [2.75, 3.05) is 0 Å². The molecule has 1 atom stereocenters. The van der Waals surface area contributed by atoms with Crippen molar-refractivity contribution in [2.45, 2.75) is 12.3 Å². The number of benzene rings is 5. The fraction of sp³-hybridized carbons (Fsp3) is 0.0500. The first-order valence-electron chi connectivity index (χ1n) is 14.9. The minimum atomic E-state index is 0.205. The summed E-state index contributed by atoms with van der Waals surface area (Å²) in [5.41, 5.74) is 12.9. The monoisotopic (exact) mass is 549 g/mol. The van der Waals surface area contributed by atoms with E-state index < -0.39 is 0 Å². The average Bonchev–Trinajstić information content (AvgIpc) is 3.48. The standard InChI is InChI=1S/C40H27N3/c1-3-8-26(9-4-1)34-24-25-41-40-38(34)42-39(43(40)32-12-5-2-6-13-32)31-18-14-27(15-19-31)33-22-20-30-17-16-28-10-7-11-29-21-23-35(33)37(30)36(28)29/h1-15,17-25,33H,16H2. The van der Waals surface area contributed by atoms with Crippen molar-refractivity contribution >= 4 is 27.5 Å². The number of hydrogen-bond acceptors (Lipinski definition) is 2. The minimum Gasteiger partial charge on any atom is -0.277 e. The van der Waals surface area contributed by atoms with Crippen LogP contribution in [0.1, 0.15) is 28.2 Å². The van der Waals surface area contributed by atoms with Gasteiger partial charge in [-0.25, -0.2) is 9.97 Å². The number of rotatable bonds is 4. The van der Waals surface area contributed by atoms with E-state index >= 15 is 0 Å². The quantitative estimate of drug-likeness (QED) is 0.219. The van der Waals surface area contributed by atoms with Crippen LogP contribution in [0.15, 0.2) is 146 Å². The Hall–Kier alpha value is -5.54. The van der Waals surface area contributed by atoms with Gasteiger partial charge in [-0.3, -0.25) is 4.57 Å². The highest BCUT2D eigenvalue weighted by atomic mass is 15.1. The lowest BCUT2D eigenvalue weighted by Gasteiger charge is -2.28. The molecule has 0 aliphatic heterocycles. The van der Waals surface area contributed by atoms with Crippen LogP contribution in [0.3, 0.4) is 0 Å². The Morgan fingerprint density at radius 3 is 2.35 bits per heavy atom. The van der Waals surface area contributed by atoms with E-state index in [-0.39, 0.29) is 5.92 Å². The summed E-state index contributed by atoms with van der Waals surface area (Å²) < 4.78 is 2.18. The van der Waals surface area contributed by atoms with Gasteiger partial charge in [-0.1, -0.05) is 121 Å². The Morgan fingerprint density at radius 1 is 0.698 bits per heavy atom. The van der Waals surface area contributed by atoms with Gasteiger partial charge in [-0.15, -0.1) is 0 Å². The fourth-order valence-corrected chi connectivity index (χ4v) is 6.96. The molecule has 2 heterocycles. The zero-order valence-electron chi connectivity index (χ0n) is 23.5. The highest BCUT2D eigenvalue weighted by Gasteiger charge is 2.26. The molecular formula is C40H27N3. The fourth-order valence-electron chi connectivity index (χ4n) is 6.96. The number of para-hydroxylation sites is 1. The first kappa shape index (κ1) is 24.1. The van der Waals surface area contributed by atoms with E-state index in [1.807, 2.05) is 18.3 Å². The lowest BCUT2D eigenvalue weighted by Crippen LogP contribution is -2.10. The Labute approximate surface area is 250 Å². The molecule has 0 spiro atoms. The van der Waals surface area contributed by atoms with Gasteiger partial charge in [-0.05, 0) is 68.8 Å². The molecule has 3 nitrogen and oxygen atoms in total. The van der Waals surface area contributed by atoms with Gasteiger partial charge in [0.15, 0.2) is 5.65 Å². The first-order chi connectivity index (χ1) is 21.3. The predicted octanol–water partition coefficient (Wildman–Crippen LogP) is 9.55. The molecule has 0 amide bonds. The average molecular weight is 550 g/mol. The molecular weight excluding hydrogens is 522 g/mol. The second kappa shape index (κ2) is 9.50. The van der Waals surface area contributed by atoms with Crippen molar-refractivity contribution in [3.05, 3.63) is 168 Å². The molecule has 1 unspecified atom stereocenters. The van der Waals surface area contributed by atoms with E-state index in [1.54, 1.807) is 0 Å². The Kier molecular flexibility index (Phi) is 5.32. The van der Waals surface area contributed by atoms with Gasteiger partial charge in [0, 0.05) is 28.9 Å². The molecule has 0 saturated carbocycles. The van der Waals surface area contributed by atoms with Crippen LogP contribution in [0.4, 0.5) is 0 Å². The molecule has 202 valence electrons. The number of nitrogens with zero attached hydrogens (tertiary/aromatic N) is 3. The normalized spacial score (nSPS) is 15.2. The van der Waals surface area contributed by atoms with Crippen molar-refractivity contribution in [3.63, 3.8) is 0 Å². The third-order valence-electron chi connectivity index (χ3n) is 8.97. The smallest absolute Gasteiger partial charge is 0.165 e. The van der Waals surface area contributed by atoms with E-state index in [0.717, 1.165) is 45.8 Å². The molecule has 2 aromatic heterocycles. The van der Waals surface area contributed by atoms with Crippen LogP contribution in [0.5, 0.6) is 0 Å². The minimum absolute atomic E-state index is 0.205. The second-order valence-corrected chi connectivity index (χ2v) is 11.4. The van der Waals surface area contributed by atoms with Gasteiger partial charge in [0.2, 0.25) is 0 Å². The van der Waals surface area contributed by atoms with Crippen LogP contribution in [-0.2, 0) is 6.42 Å². The molecule has 2 aliphatic carbocycles. The number of allylic oxidation sites excluding steroid dienone is 4. The van der Waals surface area contributed by atoms with Crippen molar-refractivity contribution in [1.82, 2.24) is 14.5 Å². The molecule has 2 aliphatic rings. The van der Waals surface area contributed by atoms with Gasteiger partial charge >= 0.3 is 0 Å². The summed E-state index contributed by atoms with van der Waals surface area (Å²) in [5, 5.41) is 2.75. The van der Waals surface area contributed by atoms with Crippen LogP contribution >= 0.6 is 0 Å². The van der Waals surface area contributed by atoms with E-state index in [4.69, 9.17) is 9.97 Å². The summed E-state index contributed by atoms with van der Waals surface area (Å²) in [5.74, 6) is 1.09. The largest absolute Gasteiger partial charge is 0.277 e. The second-order valence-electron chi connectivity index (χ2n) is 11.4. The summed E-state index contributed by atoms with van der Waals surface area (Å²) in [4.78, 5) is 10.1. The number of fused-ring (bicyclic) bond motifs is 1. The van der Waals surface area contributed by atoms with E-state index in [0.29, 0.717) is 0 Å². The SMILES string of the molecule is C1=CC(c2ccc(-c3nc4c(-c5ccccc5)ccnc4n3-c3ccccc3)cc2)c2ccc3cccc4c3c2C1=CC4. The lowest BCUT2D eigenvalue weighted by atomic mass is 9.76. The predicted molar refractivity (Wildman–Crippen MR) is 176 cm³/mol. The molecule has 7 aromatic rings. The third kappa shape index (κ3) is 3.75. The third-order valence-corrected chi connectivity index (χ3v) is 8.97. The summed E-state index contributed by atoms with van der Waals surface area (Å²) in [6, 6.07) is 43.2. The summed E-state index contributed by atoms with van der Waals surface area (Å²) in [6.07, 6.45) is 9.94. The summed E-state index contributed by atoms with van der Waals surface area (Å²) in [6.45, 7) is 0.